The fraction of sp³-hybridized carbons (Fsp3) is 0.391. The van der Waals surface area contributed by atoms with Gasteiger partial charge in [0.2, 0.25) is 5.91 Å². The Bertz CT molecular complexity index is 1070. The molecule has 0 bridgehead atoms. The van der Waals surface area contributed by atoms with Crippen molar-refractivity contribution in [1.82, 2.24) is 24.3 Å². The first-order valence-electron chi connectivity index (χ1n) is 10.4. The zero-order valence-corrected chi connectivity index (χ0v) is 17.9. The average molecular weight is 422 g/mol. The van der Waals surface area contributed by atoms with Crippen LogP contribution < -0.4 is 0 Å². The summed E-state index contributed by atoms with van der Waals surface area (Å²) in [5.74, 6) is -0.348. The van der Waals surface area contributed by atoms with Crippen LogP contribution in [0, 0.1) is 5.92 Å². The normalized spacial score (nSPS) is 17.2. The quantitative estimate of drug-likeness (QED) is 0.607. The zero-order chi connectivity index (χ0) is 21.8. The van der Waals surface area contributed by atoms with Gasteiger partial charge in [-0.3, -0.25) is 14.6 Å². The van der Waals surface area contributed by atoms with Crippen LogP contribution in [0.1, 0.15) is 16.1 Å². The van der Waals surface area contributed by atoms with E-state index in [9.17, 15) is 9.59 Å². The number of amides is 2. The van der Waals surface area contributed by atoms with Crippen molar-refractivity contribution in [3.05, 3.63) is 60.2 Å². The molecule has 0 spiro atoms. The third kappa shape index (κ3) is 4.59. The molecule has 3 heterocycles. The lowest BCUT2D eigenvalue weighted by Crippen LogP contribution is -2.37. The molecular formula is C23H27N5O3. The molecule has 1 aromatic carbocycles. The van der Waals surface area contributed by atoms with Crippen LogP contribution in [0.2, 0.25) is 0 Å². The highest BCUT2D eigenvalue weighted by molar-refractivity contribution is 5.98. The van der Waals surface area contributed by atoms with Crippen LogP contribution in [0.25, 0.3) is 11.0 Å². The number of hydrogen-bond acceptors (Lipinski definition) is 5. The van der Waals surface area contributed by atoms with E-state index in [1.165, 1.54) is 0 Å². The van der Waals surface area contributed by atoms with Crippen molar-refractivity contribution in [3.8, 4) is 0 Å². The summed E-state index contributed by atoms with van der Waals surface area (Å²) < 4.78 is 7.15. The molecule has 3 aromatic rings. The largest absolute Gasteiger partial charge is 0.383 e. The minimum atomic E-state index is -0.316. The van der Waals surface area contributed by atoms with Crippen LogP contribution in [0.3, 0.4) is 0 Å². The lowest BCUT2D eigenvalue weighted by atomic mass is 10.0. The summed E-state index contributed by atoms with van der Waals surface area (Å²) in [4.78, 5) is 38.4. The molecule has 0 saturated carbocycles. The Balaban J connectivity index is 1.54. The number of aromatic nitrogens is 3. The van der Waals surface area contributed by atoms with Crippen molar-refractivity contribution in [3.63, 3.8) is 0 Å². The van der Waals surface area contributed by atoms with Gasteiger partial charge in [-0.2, -0.15) is 0 Å². The Kier molecular flexibility index (Phi) is 6.27. The number of pyridine rings is 1. The van der Waals surface area contributed by atoms with Crippen molar-refractivity contribution < 1.29 is 14.3 Å². The molecule has 1 atom stereocenters. The first-order valence-corrected chi connectivity index (χ1v) is 10.4. The summed E-state index contributed by atoms with van der Waals surface area (Å²) in [6.45, 7) is 2.69. The van der Waals surface area contributed by atoms with E-state index < -0.39 is 0 Å². The highest BCUT2D eigenvalue weighted by Gasteiger charge is 2.31. The molecule has 1 aliphatic heterocycles. The Labute approximate surface area is 181 Å². The number of rotatable bonds is 6. The van der Waals surface area contributed by atoms with Gasteiger partial charge >= 0.3 is 0 Å². The first kappa shape index (κ1) is 21.0. The van der Waals surface area contributed by atoms with Gasteiger partial charge in [-0.15, -0.1) is 0 Å². The zero-order valence-electron chi connectivity index (χ0n) is 17.9. The molecule has 8 heteroatoms. The SMILES string of the molecule is COCCn1cnc2cc(C(=O)N3CCN(C)C(=O)[C@@H](Cc4ccccn4)C3)ccc21. The van der Waals surface area contributed by atoms with Crippen molar-refractivity contribution >= 4 is 22.8 Å². The van der Waals surface area contributed by atoms with Crippen LogP contribution in [0.15, 0.2) is 48.9 Å². The van der Waals surface area contributed by atoms with Crippen LogP contribution >= 0.6 is 0 Å². The van der Waals surface area contributed by atoms with E-state index in [0.29, 0.717) is 44.8 Å². The topological polar surface area (TPSA) is 80.6 Å². The summed E-state index contributed by atoms with van der Waals surface area (Å²) in [5.41, 5.74) is 3.17. The standard InChI is InChI=1S/C23H27N5O3/c1-26-9-10-27(15-18(22(26)29)13-19-5-3-4-8-24-19)23(30)17-6-7-21-20(14-17)25-16-28(21)11-12-31-2/h3-8,14,16,18H,9-13,15H2,1-2H3/t18-/m0/s1. The molecule has 162 valence electrons. The fourth-order valence-electron chi connectivity index (χ4n) is 3.98. The summed E-state index contributed by atoms with van der Waals surface area (Å²) in [6, 6.07) is 11.3. The third-order valence-electron chi connectivity index (χ3n) is 5.74. The van der Waals surface area contributed by atoms with Crippen molar-refractivity contribution in [2.75, 3.05) is 40.4 Å². The van der Waals surface area contributed by atoms with Gasteiger partial charge in [0.25, 0.3) is 5.91 Å². The minimum absolute atomic E-state index is 0.0493. The lowest BCUT2D eigenvalue weighted by Gasteiger charge is -2.23. The molecule has 8 nitrogen and oxygen atoms in total. The molecule has 0 N–H and O–H groups in total. The highest BCUT2D eigenvalue weighted by Crippen LogP contribution is 2.20. The van der Waals surface area contributed by atoms with Gasteiger partial charge in [0.15, 0.2) is 0 Å². The number of carbonyl (C=O) groups is 2. The summed E-state index contributed by atoms with van der Waals surface area (Å²) >= 11 is 0. The van der Waals surface area contributed by atoms with E-state index in [4.69, 9.17) is 4.74 Å². The molecule has 1 fully saturated rings. The predicted octanol–water partition coefficient (Wildman–Crippen LogP) is 1.85. The maximum absolute atomic E-state index is 13.3. The Morgan fingerprint density at radius 3 is 2.84 bits per heavy atom. The van der Waals surface area contributed by atoms with Crippen LogP contribution in [-0.2, 0) is 22.5 Å². The second-order valence-electron chi connectivity index (χ2n) is 7.87. The number of methoxy groups -OCH3 is 1. The van der Waals surface area contributed by atoms with Gasteiger partial charge in [0, 0.05) is 64.2 Å². The molecular weight excluding hydrogens is 394 g/mol. The number of nitrogens with zero attached hydrogens (tertiary/aromatic N) is 5. The van der Waals surface area contributed by atoms with Crippen LogP contribution in [0.5, 0.6) is 0 Å². The smallest absolute Gasteiger partial charge is 0.254 e. The molecule has 2 amide bonds. The molecule has 0 unspecified atom stereocenters. The summed E-state index contributed by atoms with van der Waals surface area (Å²) in [7, 11) is 3.46. The number of likely N-dealkylation sites (N-methyl/N-ethyl adjacent to an activating group) is 1. The number of fused-ring (bicyclic) bond motifs is 1. The van der Waals surface area contributed by atoms with E-state index in [1.807, 2.05) is 41.0 Å². The van der Waals surface area contributed by atoms with Gasteiger partial charge in [-0.05, 0) is 30.3 Å². The van der Waals surface area contributed by atoms with Gasteiger partial charge in [0.05, 0.1) is 29.9 Å². The van der Waals surface area contributed by atoms with Gasteiger partial charge < -0.3 is 19.1 Å². The molecule has 2 aromatic heterocycles. The average Bonchev–Trinajstić information content (AvgIpc) is 3.15. The predicted molar refractivity (Wildman–Crippen MR) is 117 cm³/mol. The number of imidazole rings is 1. The third-order valence-corrected chi connectivity index (χ3v) is 5.74. The van der Waals surface area contributed by atoms with E-state index in [-0.39, 0.29) is 17.7 Å². The molecule has 1 aliphatic rings. The van der Waals surface area contributed by atoms with Gasteiger partial charge in [0.1, 0.15) is 0 Å². The maximum Gasteiger partial charge on any atom is 0.254 e. The number of benzene rings is 1. The molecule has 4 rings (SSSR count). The number of ether oxygens (including phenoxy) is 1. The Hall–Kier alpha value is -3.26. The van der Waals surface area contributed by atoms with Gasteiger partial charge in [-0.25, -0.2) is 4.98 Å². The molecule has 0 aliphatic carbocycles. The van der Waals surface area contributed by atoms with E-state index >= 15 is 0 Å². The Morgan fingerprint density at radius 1 is 1.19 bits per heavy atom. The van der Waals surface area contributed by atoms with Crippen LogP contribution in [0.4, 0.5) is 0 Å². The van der Waals surface area contributed by atoms with E-state index in [0.717, 1.165) is 16.7 Å². The van der Waals surface area contributed by atoms with E-state index in [2.05, 4.69) is 9.97 Å². The molecule has 0 radical (unpaired) electrons. The number of hydrogen-bond donors (Lipinski definition) is 0. The van der Waals surface area contributed by atoms with Gasteiger partial charge in [-0.1, -0.05) is 6.07 Å². The van der Waals surface area contributed by atoms with Crippen molar-refractivity contribution in [2.45, 2.75) is 13.0 Å². The fourth-order valence-corrected chi connectivity index (χ4v) is 3.98. The number of carbonyl (C=O) groups excluding carboxylic acids is 2. The Morgan fingerprint density at radius 2 is 2.06 bits per heavy atom. The van der Waals surface area contributed by atoms with Crippen LogP contribution in [-0.4, -0.2) is 76.5 Å². The van der Waals surface area contributed by atoms with Crippen molar-refractivity contribution in [1.29, 1.82) is 0 Å². The van der Waals surface area contributed by atoms with Crippen molar-refractivity contribution in [2.24, 2.45) is 5.92 Å². The summed E-state index contributed by atoms with van der Waals surface area (Å²) in [6.07, 6.45) is 4.00. The molecule has 1 saturated heterocycles. The minimum Gasteiger partial charge on any atom is -0.383 e. The van der Waals surface area contributed by atoms with E-state index in [1.54, 1.807) is 36.5 Å². The highest BCUT2D eigenvalue weighted by atomic mass is 16.5. The summed E-state index contributed by atoms with van der Waals surface area (Å²) in [5, 5.41) is 0. The first-order chi connectivity index (χ1) is 15.1. The molecule has 31 heavy (non-hydrogen) atoms. The second kappa shape index (κ2) is 9.26. The monoisotopic (exact) mass is 421 g/mol. The lowest BCUT2D eigenvalue weighted by molar-refractivity contribution is -0.133. The second-order valence-corrected chi connectivity index (χ2v) is 7.87. The maximum atomic E-state index is 13.3.